The molecule has 0 fully saturated rings. The van der Waals surface area contributed by atoms with Crippen molar-refractivity contribution in [2.75, 3.05) is 17.3 Å². The zero-order valence-corrected chi connectivity index (χ0v) is 12.0. The van der Waals surface area contributed by atoms with Crippen LogP contribution in [0.3, 0.4) is 0 Å². The number of rotatable bonds is 6. The Bertz CT molecular complexity index is 525. The zero-order valence-electron chi connectivity index (χ0n) is 11.2. The lowest BCUT2D eigenvalue weighted by atomic mass is 10.2. The minimum atomic E-state index is -0.719. The van der Waals surface area contributed by atoms with Gasteiger partial charge in [-0.05, 0) is 36.6 Å². The second-order valence-corrected chi connectivity index (χ2v) is 5.04. The summed E-state index contributed by atoms with van der Waals surface area (Å²) < 4.78 is 0. The molecule has 1 rings (SSSR count). The van der Waals surface area contributed by atoms with Crippen LogP contribution in [-0.4, -0.2) is 30.0 Å². The number of thioether (sulfide) groups is 1. The van der Waals surface area contributed by atoms with Crippen LogP contribution in [-0.2, 0) is 4.79 Å². The molecule has 0 saturated carbocycles. The van der Waals surface area contributed by atoms with Crippen LogP contribution in [0.25, 0.3) is 0 Å². The molecule has 20 heavy (non-hydrogen) atoms. The summed E-state index contributed by atoms with van der Waals surface area (Å²) in [7, 11) is 0. The van der Waals surface area contributed by atoms with E-state index in [0.29, 0.717) is 17.7 Å². The Balaban J connectivity index is 2.73. The first-order valence-electron chi connectivity index (χ1n) is 5.99. The molecule has 1 aromatic rings. The highest BCUT2D eigenvalue weighted by Gasteiger charge is 2.19. The van der Waals surface area contributed by atoms with Gasteiger partial charge in [0.2, 0.25) is 5.91 Å². The zero-order chi connectivity index (χ0) is 15.0. The van der Waals surface area contributed by atoms with Crippen molar-refractivity contribution in [1.82, 2.24) is 5.32 Å². The summed E-state index contributed by atoms with van der Waals surface area (Å²) in [5, 5.41) is 5.15. The first-order valence-corrected chi connectivity index (χ1v) is 7.38. The van der Waals surface area contributed by atoms with Gasteiger partial charge in [0.15, 0.2) is 0 Å². The quantitative estimate of drug-likeness (QED) is 0.693. The molecule has 0 saturated heterocycles. The van der Waals surface area contributed by atoms with Crippen LogP contribution in [0.4, 0.5) is 10.5 Å². The maximum atomic E-state index is 12.1. The fourth-order valence-electron chi connectivity index (χ4n) is 1.59. The van der Waals surface area contributed by atoms with E-state index in [9.17, 15) is 9.59 Å². The predicted molar refractivity (Wildman–Crippen MR) is 82.5 cm³/mol. The van der Waals surface area contributed by atoms with Gasteiger partial charge in [-0.1, -0.05) is 12.0 Å². The second kappa shape index (κ2) is 8.12. The van der Waals surface area contributed by atoms with Crippen molar-refractivity contribution in [3.63, 3.8) is 0 Å². The molecule has 1 unspecified atom stereocenters. The van der Waals surface area contributed by atoms with Gasteiger partial charge in [-0.3, -0.25) is 4.79 Å². The maximum absolute atomic E-state index is 12.1. The monoisotopic (exact) mass is 291 g/mol. The van der Waals surface area contributed by atoms with E-state index in [1.807, 2.05) is 6.26 Å². The molecule has 1 atom stereocenters. The number of nitrogens with one attached hydrogen (secondary N) is 2. The van der Waals surface area contributed by atoms with Gasteiger partial charge >= 0.3 is 6.03 Å². The first kappa shape index (κ1) is 15.9. The van der Waals surface area contributed by atoms with Gasteiger partial charge in [-0.2, -0.15) is 11.8 Å². The third-order valence-electron chi connectivity index (χ3n) is 2.54. The van der Waals surface area contributed by atoms with E-state index in [1.165, 1.54) is 0 Å². The Morgan fingerprint density at radius 2 is 2.25 bits per heavy atom. The number of hydrogen-bond donors (Lipinski definition) is 3. The van der Waals surface area contributed by atoms with E-state index in [-0.39, 0.29) is 5.91 Å². The van der Waals surface area contributed by atoms with E-state index in [4.69, 9.17) is 12.2 Å². The van der Waals surface area contributed by atoms with Gasteiger partial charge in [0.1, 0.15) is 6.04 Å². The van der Waals surface area contributed by atoms with Crippen molar-refractivity contribution < 1.29 is 9.59 Å². The average Bonchev–Trinajstić information content (AvgIpc) is 2.43. The van der Waals surface area contributed by atoms with Crippen molar-refractivity contribution >= 4 is 29.4 Å². The molecule has 0 aliphatic rings. The number of terminal acetylenes is 1. The van der Waals surface area contributed by atoms with Crippen LogP contribution < -0.4 is 16.4 Å². The normalized spacial score (nSPS) is 11.2. The van der Waals surface area contributed by atoms with Crippen molar-refractivity contribution in [2.45, 2.75) is 12.5 Å². The fourth-order valence-corrected chi connectivity index (χ4v) is 2.06. The van der Waals surface area contributed by atoms with Gasteiger partial charge in [-0.15, -0.1) is 6.42 Å². The number of nitrogens with two attached hydrogens (primary N) is 1. The van der Waals surface area contributed by atoms with Crippen LogP contribution in [0.5, 0.6) is 0 Å². The van der Waals surface area contributed by atoms with E-state index in [2.05, 4.69) is 16.6 Å². The second-order valence-electron chi connectivity index (χ2n) is 4.06. The summed E-state index contributed by atoms with van der Waals surface area (Å²) in [5.74, 6) is 2.92. The third-order valence-corrected chi connectivity index (χ3v) is 3.18. The Hall–Kier alpha value is -2.13. The number of urea groups is 1. The Morgan fingerprint density at radius 1 is 1.50 bits per heavy atom. The molecular weight excluding hydrogens is 274 g/mol. The fraction of sp³-hybridized carbons (Fsp3) is 0.286. The van der Waals surface area contributed by atoms with Crippen LogP contribution in [0.15, 0.2) is 24.3 Å². The van der Waals surface area contributed by atoms with Gasteiger partial charge in [-0.25, -0.2) is 4.79 Å². The predicted octanol–water partition coefficient (Wildman–Crippen LogP) is 1.40. The topological polar surface area (TPSA) is 84.2 Å². The van der Waals surface area contributed by atoms with Gasteiger partial charge in [0.05, 0.1) is 0 Å². The van der Waals surface area contributed by atoms with Gasteiger partial charge in [0.25, 0.3) is 0 Å². The van der Waals surface area contributed by atoms with Crippen molar-refractivity contribution in [1.29, 1.82) is 0 Å². The van der Waals surface area contributed by atoms with E-state index < -0.39 is 12.1 Å². The highest BCUT2D eigenvalue weighted by Crippen LogP contribution is 2.11. The lowest BCUT2D eigenvalue weighted by Crippen LogP contribution is -2.46. The molecular formula is C14H17N3O2S. The van der Waals surface area contributed by atoms with E-state index in [0.717, 1.165) is 5.75 Å². The SMILES string of the molecule is C#Cc1cccc(NC(=O)C(CCSC)NC(N)=O)c1. The van der Waals surface area contributed by atoms with Gasteiger partial charge < -0.3 is 16.4 Å². The number of anilines is 1. The van der Waals surface area contributed by atoms with Crippen LogP contribution in [0, 0.1) is 12.3 Å². The lowest BCUT2D eigenvalue weighted by Gasteiger charge is -2.17. The minimum Gasteiger partial charge on any atom is -0.352 e. The number of primary amides is 1. The highest BCUT2D eigenvalue weighted by atomic mass is 32.2. The molecule has 0 spiro atoms. The molecule has 0 radical (unpaired) electrons. The molecule has 0 aromatic heterocycles. The van der Waals surface area contributed by atoms with E-state index >= 15 is 0 Å². The summed E-state index contributed by atoms with van der Waals surface area (Å²) in [5.41, 5.74) is 6.34. The van der Waals surface area contributed by atoms with Crippen LogP contribution in [0.2, 0.25) is 0 Å². The number of amides is 3. The largest absolute Gasteiger partial charge is 0.352 e. The highest BCUT2D eigenvalue weighted by molar-refractivity contribution is 7.98. The number of carbonyl (C=O) groups excluding carboxylic acids is 2. The van der Waals surface area contributed by atoms with Crippen molar-refractivity contribution in [3.8, 4) is 12.3 Å². The Kier molecular flexibility index (Phi) is 6.47. The van der Waals surface area contributed by atoms with Crippen molar-refractivity contribution in [2.24, 2.45) is 5.73 Å². The summed E-state index contributed by atoms with van der Waals surface area (Å²) >= 11 is 1.59. The lowest BCUT2D eigenvalue weighted by molar-refractivity contribution is -0.117. The molecule has 4 N–H and O–H groups in total. The molecule has 0 heterocycles. The number of benzene rings is 1. The average molecular weight is 291 g/mol. The van der Waals surface area contributed by atoms with Crippen molar-refractivity contribution in [3.05, 3.63) is 29.8 Å². The molecule has 0 aliphatic heterocycles. The van der Waals surface area contributed by atoms with Gasteiger partial charge in [0, 0.05) is 11.3 Å². The molecule has 6 heteroatoms. The summed E-state index contributed by atoms with van der Waals surface area (Å²) in [6, 6.07) is 5.56. The first-order chi connectivity index (χ1) is 9.56. The van der Waals surface area contributed by atoms with Crippen LogP contribution >= 0.6 is 11.8 Å². The van der Waals surface area contributed by atoms with E-state index in [1.54, 1.807) is 36.0 Å². The third kappa shape index (κ3) is 5.24. The Morgan fingerprint density at radius 3 is 2.85 bits per heavy atom. The minimum absolute atomic E-state index is 0.313. The maximum Gasteiger partial charge on any atom is 0.312 e. The summed E-state index contributed by atoms with van der Waals surface area (Å²) in [4.78, 5) is 23.0. The number of carbonyl (C=O) groups is 2. The molecule has 0 bridgehead atoms. The standard InChI is InChI=1S/C14H17N3O2S/c1-3-10-5-4-6-11(9-10)16-13(18)12(7-8-20-2)17-14(15)19/h1,4-6,9,12H,7-8H2,2H3,(H,16,18)(H3,15,17,19). The van der Waals surface area contributed by atoms with Crippen LogP contribution in [0.1, 0.15) is 12.0 Å². The summed E-state index contributed by atoms with van der Waals surface area (Å²) in [6.07, 6.45) is 7.73. The Labute approximate surface area is 122 Å². The molecule has 1 aromatic carbocycles. The molecule has 0 aliphatic carbocycles. The smallest absolute Gasteiger partial charge is 0.312 e. The molecule has 5 nitrogen and oxygen atoms in total. The number of hydrogen-bond acceptors (Lipinski definition) is 3. The molecule has 3 amide bonds. The summed E-state index contributed by atoms with van der Waals surface area (Å²) in [6.45, 7) is 0. The molecule has 106 valence electrons.